The van der Waals surface area contributed by atoms with Gasteiger partial charge in [0, 0.05) is 12.6 Å². The maximum atomic E-state index is 12.3. The number of likely N-dealkylation sites (tertiary alicyclic amines) is 1. The number of amides is 1. The van der Waals surface area contributed by atoms with Gasteiger partial charge in [-0.25, -0.2) is 4.68 Å². The molecule has 1 amide bonds. The lowest BCUT2D eigenvalue weighted by molar-refractivity contribution is -0.117. The first-order valence-corrected chi connectivity index (χ1v) is 8.26. The van der Waals surface area contributed by atoms with Gasteiger partial charge in [-0.2, -0.15) is 0 Å². The molecule has 1 aromatic carbocycles. The van der Waals surface area contributed by atoms with Gasteiger partial charge in [-0.15, -0.1) is 5.10 Å². The average molecular weight is 350 g/mol. The van der Waals surface area contributed by atoms with Gasteiger partial charge in [-0.05, 0) is 55.1 Å². The number of carbonyl (C=O) groups excluding carboxylic acids is 1. The molecule has 8 nitrogen and oxygen atoms in total. The zero-order chi connectivity index (χ0) is 16.9. The Morgan fingerprint density at radius 3 is 3.08 bits per heavy atom. The van der Waals surface area contributed by atoms with Gasteiger partial charge in [0.1, 0.15) is 6.33 Å². The van der Waals surface area contributed by atoms with Crippen LogP contribution in [0.4, 0.5) is 5.69 Å². The Bertz CT molecular complexity index is 691. The van der Waals surface area contributed by atoms with Gasteiger partial charge in [-0.3, -0.25) is 9.69 Å². The first-order chi connectivity index (χ1) is 11.7. The number of hydrogen-bond acceptors (Lipinski definition) is 6. The minimum Gasteiger partial charge on any atom is -0.324 e. The van der Waals surface area contributed by atoms with E-state index in [1.54, 1.807) is 18.2 Å². The second-order valence-corrected chi connectivity index (χ2v) is 6.24. The number of nitrogens with one attached hydrogen (secondary N) is 2. The molecule has 1 saturated heterocycles. The van der Waals surface area contributed by atoms with Gasteiger partial charge >= 0.3 is 0 Å². The standard InChI is InChI=1S/C15H20ClN7O/c1-17-11-3-2-6-22(8-11)9-15(24)19-14-7-12(4-5-13(14)16)23-10-18-20-21-23/h4-5,7,10-11,17H,2-3,6,8-9H2,1H3,(H,19,24). The maximum Gasteiger partial charge on any atom is 0.238 e. The predicted octanol–water partition coefficient (Wildman–Crippen LogP) is 0.938. The summed E-state index contributed by atoms with van der Waals surface area (Å²) < 4.78 is 1.51. The zero-order valence-electron chi connectivity index (χ0n) is 13.4. The summed E-state index contributed by atoms with van der Waals surface area (Å²) in [4.78, 5) is 14.5. The van der Waals surface area contributed by atoms with Gasteiger partial charge in [0.15, 0.2) is 0 Å². The van der Waals surface area contributed by atoms with Crippen LogP contribution in [0.25, 0.3) is 5.69 Å². The van der Waals surface area contributed by atoms with E-state index in [0.29, 0.717) is 23.3 Å². The van der Waals surface area contributed by atoms with Crippen molar-refractivity contribution >= 4 is 23.2 Å². The number of piperidine rings is 1. The average Bonchev–Trinajstić information content (AvgIpc) is 3.11. The van der Waals surface area contributed by atoms with Gasteiger partial charge in [0.2, 0.25) is 5.91 Å². The second kappa shape index (κ2) is 7.69. The van der Waals surface area contributed by atoms with Crippen molar-refractivity contribution < 1.29 is 4.79 Å². The molecule has 0 spiro atoms. The Morgan fingerprint density at radius 1 is 1.46 bits per heavy atom. The Labute approximate surface area is 145 Å². The molecule has 2 aromatic rings. The van der Waals surface area contributed by atoms with Gasteiger partial charge in [-0.1, -0.05) is 11.6 Å². The largest absolute Gasteiger partial charge is 0.324 e. The summed E-state index contributed by atoms with van der Waals surface area (Å²) in [7, 11) is 1.96. The van der Waals surface area contributed by atoms with Gasteiger partial charge < -0.3 is 10.6 Å². The highest BCUT2D eigenvalue weighted by molar-refractivity contribution is 6.33. The fourth-order valence-corrected chi connectivity index (χ4v) is 3.02. The maximum absolute atomic E-state index is 12.3. The van der Waals surface area contributed by atoms with Crippen LogP contribution in [0.2, 0.25) is 5.02 Å². The SMILES string of the molecule is CNC1CCCN(CC(=O)Nc2cc(-n3cnnn3)ccc2Cl)C1. The van der Waals surface area contributed by atoms with Crippen molar-refractivity contribution in [2.75, 3.05) is 32.0 Å². The van der Waals surface area contributed by atoms with Crippen LogP contribution in [-0.4, -0.2) is 63.7 Å². The van der Waals surface area contributed by atoms with Crippen molar-refractivity contribution in [1.29, 1.82) is 0 Å². The quantitative estimate of drug-likeness (QED) is 0.835. The summed E-state index contributed by atoms with van der Waals surface area (Å²) in [6.45, 7) is 2.16. The second-order valence-electron chi connectivity index (χ2n) is 5.83. The van der Waals surface area contributed by atoms with E-state index in [9.17, 15) is 4.79 Å². The molecule has 0 radical (unpaired) electrons. The topological polar surface area (TPSA) is 88.0 Å². The molecule has 3 rings (SSSR count). The molecule has 0 saturated carbocycles. The number of benzene rings is 1. The Kier molecular flexibility index (Phi) is 5.39. The molecule has 1 unspecified atom stereocenters. The minimum atomic E-state index is -0.0810. The van der Waals surface area contributed by atoms with Crippen LogP contribution >= 0.6 is 11.6 Å². The third kappa shape index (κ3) is 4.08. The van der Waals surface area contributed by atoms with E-state index in [0.717, 1.165) is 31.6 Å². The normalized spacial score (nSPS) is 18.5. The van der Waals surface area contributed by atoms with Crippen molar-refractivity contribution in [2.24, 2.45) is 0 Å². The molecule has 0 bridgehead atoms. The van der Waals surface area contributed by atoms with Crippen molar-refractivity contribution in [3.8, 4) is 5.69 Å². The van der Waals surface area contributed by atoms with Crippen molar-refractivity contribution in [3.63, 3.8) is 0 Å². The highest BCUT2D eigenvalue weighted by Gasteiger charge is 2.20. The molecule has 2 N–H and O–H groups in total. The molecule has 1 aliphatic rings. The molecule has 1 aliphatic heterocycles. The van der Waals surface area contributed by atoms with Crippen LogP contribution in [0.5, 0.6) is 0 Å². The zero-order valence-corrected chi connectivity index (χ0v) is 14.2. The molecule has 2 heterocycles. The number of carbonyl (C=O) groups is 1. The number of rotatable bonds is 5. The Balaban J connectivity index is 1.64. The number of likely N-dealkylation sites (N-methyl/N-ethyl adjacent to an activating group) is 1. The van der Waals surface area contributed by atoms with Crippen LogP contribution in [0.1, 0.15) is 12.8 Å². The fourth-order valence-electron chi connectivity index (χ4n) is 2.86. The van der Waals surface area contributed by atoms with Crippen LogP contribution < -0.4 is 10.6 Å². The molecular formula is C15H20ClN7O. The number of aromatic nitrogens is 4. The highest BCUT2D eigenvalue weighted by atomic mass is 35.5. The van der Waals surface area contributed by atoms with E-state index >= 15 is 0 Å². The van der Waals surface area contributed by atoms with Crippen molar-refractivity contribution in [2.45, 2.75) is 18.9 Å². The summed E-state index contributed by atoms with van der Waals surface area (Å²) >= 11 is 6.19. The van der Waals surface area contributed by atoms with E-state index in [1.165, 1.54) is 11.0 Å². The summed E-state index contributed by atoms with van der Waals surface area (Å²) in [5, 5.41) is 17.7. The number of nitrogens with zero attached hydrogens (tertiary/aromatic N) is 5. The third-order valence-electron chi connectivity index (χ3n) is 4.12. The predicted molar refractivity (Wildman–Crippen MR) is 91.3 cm³/mol. The van der Waals surface area contributed by atoms with Crippen LogP contribution in [0.15, 0.2) is 24.5 Å². The lowest BCUT2D eigenvalue weighted by Gasteiger charge is -2.31. The number of hydrogen-bond donors (Lipinski definition) is 2. The molecule has 9 heteroatoms. The number of anilines is 1. The summed E-state index contributed by atoms with van der Waals surface area (Å²) in [5.41, 5.74) is 1.28. The smallest absolute Gasteiger partial charge is 0.238 e. The summed E-state index contributed by atoms with van der Waals surface area (Å²) in [5.74, 6) is -0.0810. The van der Waals surface area contributed by atoms with E-state index in [-0.39, 0.29) is 5.91 Å². The van der Waals surface area contributed by atoms with Crippen molar-refractivity contribution in [1.82, 2.24) is 30.4 Å². The summed E-state index contributed by atoms with van der Waals surface area (Å²) in [6.07, 6.45) is 3.73. The van der Waals surface area contributed by atoms with E-state index in [2.05, 4.69) is 31.1 Å². The van der Waals surface area contributed by atoms with E-state index in [1.807, 2.05) is 7.05 Å². The minimum absolute atomic E-state index is 0.0810. The van der Waals surface area contributed by atoms with E-state index in [4.69, 9.17) is 11.6 Å². The van der Waals surface area contributed by atoms with Crippen LogP contribution in [-0.2, 0) is 4.79 Å². The van der Waals surface area contributed by atoms with Crippen LogP contribution in [0.3, 0.4) is 0 Å². The van der Waals surface area contributed by atoms with Crippen molar-refractivity contribution in [3.05, 3.63) is 29.5 Å². The lowest BCUT2D eigenvalue weighted by Crippen LogP contribution is -2.46. The summed E-state index contributed by atoms with van der Waals surface area (Å²) in [6, 6.07) is 5.70. The fraction of sp³-hybridized carbons (Fsp3) is 0.467. The molecule has 1 atom stereocenters. The third-order valence-corrected chi connectivity index (χ3v) is 4.45. The molecule has 128 valence electrons. The lowest BCUT2D eigenvalue weighted by atomic mass is 10.1. The van der Waals surface area contributed by atoms with Crippen LogP contribution in [0, 0.1) is 0 Å². The monoisotopic (exact) mass is 349 g/mol. The van der Waals surface area contributed by atoms with E-state index < -0.39 is 0 Å². The first kappa shape index (κ1) is 16.8. The highest BCUT2D eigenvalue weighted by Crippen LogP contribution is 2.24. The number of halogens is 1. The molecule has 0 aliphatic carbocycles. The first-order valence-electron chi connectivity index (χ1n) is 7.88. The molecule has 1 fully saturated rings. The molecule has 24 heavy (non-hydrogen) atoms. The number of tetrazole rings is 1. The molecular weight excluding hydrogens is 330 g/mol. The Morgan fingerprint density at radius 2 is 2.33 bits per heavy atom. The Hall–Kier alpha value is -2.03. The molecule has 1 aromatic heterocycles. The van der Waals surface area contributed by atoms with Gasteiger partial charge in [0.05, 0.1) is 22.9 Å². The van der Waals surface area contributed by atoms with Gasteiger partial charge in [0.25, 0.3) is 0 Å².